The van der Waals surface area contributed by atoms with E-state index in [-0.39, 0.29) is 15.0 Å². The number of aromatic carboxylic acids is 1. The zero-order valence-corrected chi connectivity index (χ0v) is 10.2. The van der Waals surface area contributed by atoms with Crippen LogP contribution in [0.1, 0.15) is 10.4 Å². The first-order valence-electron chi connectivity index (χ1n) is 4.82. The van der Waals surface area contributed by atoms with Gasteiger partial charge in [0.25, 0.3) is 0 Å². The molecule has 80 valence electrons. The van der Waals surface area contributed by atoms with Crippen LogP contribution >= 0.6 is 0 Å². The number of carboxylic acids is 1. The van der Waals surface area contributed by atoms with Gasteiger partial charge in [-0.2, -0.15) is 0 Å². The van der Waals surface area contributed by atoms with Crippen molar-refractivity contribution >= 4 is 29.8 Å². The number of carbonyl (C=O) groups is 1. The fourth-order valence-corrected chi connectivity index (χ4v) is 3.20. The van der Waals surface area contributed by atoms with Gasteiger partial charge in [-0.15, -0.1) is 0 Å². The molecule has 0 spiro atoms. The van der Waals surface area contributed by atoms with Crippen LogP contribution < -0.4 is 8.92 Å². The van der Waals surface area contributed by atoms with E-state index < -0.39 is 5.97 Å². The predicted octanol–water partition coefficient (Wildman–Crippen LogP) is 1.04. The van der Waals surface area contributed by atoms with Gasteiger partial charge in [-0.25, -0.2) is 0 Å². The summed E-state index contributed by atoms with van der Waals surface area (Å²) >= 11 is 0.173. The minimum atomic E-state index is -0.870. The van der Waals surface area contributed by atoms with E-state index in [1.807, 2.05) is 24.3 Å². The molecule has 0 atom stereocenters. The van der Waals surface area contributed by atoms with Gasteiger partial charge in [0.1, 0.15) is 0 Å². The molecule has 0 saturated carbocycles. The maximum absolute atomic E-state index is 10.8. The molecule has 2 rings (SSSR count). The van der Waals surface area contributed by atoms with Crippen molar-refractivity contribution in [2.75, 3.05) is 0 Å². The SMILES string of the molecule is O=C(O)c1cccc([Se]c2ccccc2)c1. The Balaban J connectivity index is 2.22. The van der Waals surface area contributed by atoms with Gasteiger partial charge in [-0.3, -0.25) is 0 Å². The molecule has 0 amide bonds. The van der Waals surface area contributed by atoms with Crippen molar-refractivity contribution < 1.29 is 9.90 Å². The fraction of sp³-hybridized carbons (Fsp3) is 0. The van der Waals surface area contributed by atoms with Crippen molar-refractivity contribution in [3.8, 4) is 0 Å². The second-order valence-electron chi connectivity index (χ2n) is 3.25. The summed E-state index contributed by atoms with van der Waals surface area (Å²) in [5.41, 5.74) is 0.357. The summed E-state index contributed by atoms with van der Waals surface area (Å²) in [5, 5.41) is 8.88. The van der Waals surface area contributed by atoms with Crippen LogP contribution in [-0.4, -0.2) is 26.0 Å². The van der Waals surface area contributed by atoms with Crippen LogP contribution in [0.15, 0.2) is 54.6 Å². The second-order valence-corrected chi connectivity index (χ2v) is 5.65. The topological polar surface area (TPSA) is 37.3 Å². The molecule has 0 aromatic heterocycles. The average molecular weight is 277 g/mol. The molecular weight excluding hydrogens is 267 g/mol. The van der Waals surface area contributed by atoms with Crippen molar-refractivity contribution in [1.29, 1.82) is 0 Å². The van der Waals surface area contributed by atoms with Crippen LogP contribution in [0.25, 0.3) is 0 Å². The monoisotopic (exact) mass is 278 g/mol. The summed E-state index contributed by atoms with van der Waals surface area (Å²) in [5.74, 6) is -0.870. The number of benzene rings is 2. The predicted molar refractivity (Wildman–Crippen MR) is 64.9 cm³/mol. The molecule has 0 aliphatic heterocycles. The summed E-state index contributed by atoms with van der Waals surface area (Å²) in [6.45, 7) is 0. The molecule has 0 unspecified atom stereocenters. The van der Waals surface area contributed by atoms with Crippen molar-refractivity contribution in [2.45, 2.75) is 0 Å². The normalized spacial score (nSPS) is 10.0. The Kier molecular flexibility index (Phi) is 3.40. The third-order valence-corrected chi connectivity index (χ3v) is 4.15. The summed E-state index contributed by atoms with van der Waals surface area (Å²) in [7, 11) is 0. The first-order chi connectivity index (χ1) is 7.75. The van der Waals surface area contributed by atoms with Crippen LogP contribution in [0.2, 0.25) is 0 Å². The Morgan fingerprint density at radius 1 is 0.938 bits per heavy atom. The van der Waals surface area contributed by atoms with Crippen LogP contribution in [0.4, 0.5) is 0 Å². The summed E-state index contributed by atoms with van der Waals surface area (Å²) < 4.78 is 2.33. The van der Waals surface area contributed by atoms with Gasteiger partial charge >= 0.3 is 99.9 Å². The van der Waals surface area contributed by atoms with Gasteiger partial charge in [0.05, 0.1) is 0 Å². The third kappa shape index (κ3) is 2.72. The molecule has 2 aromatic rings. The molecule has 0 aliphatic carbocycles. The molecule has 3 heteroatoms. The molecule has 1 N–H and O–H groups in total. The van der Waals surface area contributed by atoms with E-state index in [1.165, 1.54) is 4.46 Å². The van der Waals surface area contributed by atoms with Crippen molar-refractivity contribution in [3.05, 3.63) is 60.2 Å². The number of hydrogen-bond acceptors (Lipinski definition) is 1. The van der Waals surface area contributed by atoms with Gasteiger partial charge in [-0.05, 0) is 0 Å². The molecule has 0 heterocycles. The molecule has 2 nitrogen and oxygen atoms in total. The van der Waals surface area contributed by atoms with Crippen molar-refractivity contribution in [3.63, 3.8) is 0 Å². The van der Waals surface area contributed by atoms with Gasteiger partial charge < -0.3 is 0 Å². The fourth-order valence-electron chi connectivity index (χ4n) is 1.32. The Labute approximate surface area is 100 Å². The molecule has 2 aromatic carbocycles. The molecular formula is C13H10O2Se. The van der Waals surface area contributed by atoms with E-state index in [0.29, 0.717) is 5.56 Å². The summed E-state index contributed by atoms with van der Waals surface area (Å²) in [4.78, 5) is 10.8. The van der Waals surface area contributed by atoms with E-state index in [9.17, 15) is 4.79 Å². The van der Waals surface area contributed by atoms with E-state index in [2.05, 4.69) is 12.1 Å². The Bertz CT molecular complexity index is 494. The van der Waals surface area contributed by atoms with E-state index in [4.69, 9.17) is 5.11 Å². The van der Waals surface area contributed by atoms with Gasteiger partial charge in [0.2, 0.25) is 0 Å². The Hall–Kier alpha value is -1.57. The van der Waals surface area contributed by atoms with Gasteiger partial charge in [-0.1, -0.05) is 0 Å². The number of hydrogen-bond donors (Lipinski definition) is 1. The summed E-state index contributed by atoms with van der Waals surface area (Å²) in [6, 6.07) is 17.2. The molecule has 0 aliphatic rings. The molecule has 0 bridgehead atoms. The quantitative estimate of drug-likeness (QED) is 0.851. The van der Waals surface area contributed by atoms with Crippen LogP contribution in [0, 0.1) is 0 Å². The minimum absolute atomic E-state index is 0.173. The number of carboxylic acid groups (broad SMARTS) is 1. The molecule has 0 saturated heterocycles. The first kappa shape index (κ1) is 10.9. The van der Waals surface area contributed by atoms with Crippen LogP contribution in [0.3, 0.4) is 0 Å². The molecule has 16 heavy (non-hydrogen) atoms. The van der Waals surface area contributed by atoms with Gasteiger partial charge in [0.15, 0.2) is 0 Å². The molecule has 0 fully saturated rings. The van der Waals surface area contributed by atoms with Gasteiger partial charge in [0, 0.05) is 0 Å². The number of rotatable bonds is 3. The Morgan fingerprint density at radius 2 is 1.62 bits per heavy atom. The van der Waals surface area contributed by atoms with E-state index in [0.717, 1.165) is 4.46 Å². The zero-order valence-electron chi connectivity index (χ0n) is 8.46. The van der Waals surface area contributed by atoms with Crippen molar-refractivity contribution in [2.24, 2.45) is 0 Å². The van der Waals surface area contributed by atoms with E-state index in [1.54, 1.807) is 18.2 Å². The first-order valence-corrected chi connectivity index (χ1v) is 6.53. The van der Waals surface area contributed by atoms with Crippen LogP contribution in [0.5, 0.6) is 0 Å². The summed E-state index contributed by atoms with van der Waals surface area (Å²) in [6.07, 6.45) is 0. The third-order valence-electron chi connectivity index (χ3n) is 2.06. The van der Waals surface area contributed by atoms with E-state index >= 15 is 0 Å². The van der Waals surface area contributed by atoms with Crippen molar-refractivity contribution in [1.82, 2.24) is 0 Å². The standard InChI is InChI=1S/C13H10O2Se/c14-13(15)10-5-4-8-12(9-10)16-11-6-2-1-3-7-11/h1-9H,(H,14,15). The second kappa shape index (κ2) is 4.97. The molecule has 0 radical (unpaired) electrons. The zero-order chi connectivity index (χ0) is 11.4. The maximum atomic E-state index is 10.8. The average Bonchev–Trinajstić information content (AvgIpc) is 2.30. The Morgan fingerprint density at radius 3 is 2.31 bits per heavy atom. The van der Waals surface area contributed by atoms with Crippen LogP contribution in [-0.2, 0) is 0 Å².